The minimum atomic E-state index is -4.41. The van der Waals surface area contributed by atoms with Crippen LogP contribution in [0.25, 0.3) is 0 Å². The summed E-state index contributed by atoms with van der Waals surface area (Å²) in [5.74, 6) is -0.351. The van der Waals surface area contributed by atoms with Gasteiger partial charge in [-0.1, -0.05) is 12.1 Å². The van der Waals surface area contributed by atoms with Gasteiger partial charge in [-0.05, 0) is 43.4 Å². The van der Waals surface area contributed by atoms with Gasteiger partial charge in [0, 0.05) is 13.1 Å². The molecule has 3 N–H and O–H groups in total. The maximum absolute atomic E-state index is 12.9. The molecule has 1 aromatic rings. The first-order valence-electron chi connectivity index (χ1n) is 7.68. The molecule has 0 spiro atoms. The zero-order chi connectivity index (χ0) is 17.9. The predicted octanol–water partition coefficient (Wildman–Crippen LogP) is 2.59. The fourth-order valence-electron chi connectivity index (χ4n) is 2.47. The lowest BCUT2D eigenvalue weighted by molar-refractivity contribution is -0.137. The number of rotatable bonds is 5. The summed E-state index contributed by atoms with van der Waals surface area (Å²) >= 11 is 0. The smallest absolute Gasteiger partial charge is 0.341 e. The Morgan fingerprint density at radius 1 is 1.25 bits per heavy atom. The van der Waals surface area contributed by atoms with Crippen molar-refractivity contribution in [3.8, 4) is 0 Å². The van der Waals surface area contributed by atoms with Gasteiger partial charge in [-0.15, -0.1) is 0 Å². The van der Waals surface area contributed by atoms with Gasteiger partial charge in [0.1, 0.15) is 0 Å². The van der Waals surface area contributed by atoms with Crippen LogP contribution in [0.5, 0.6) is 0 Å². The number of carbonyl (C=O) groups excluding carboxylic acids is 2. The third kappa shape index (κ3) is 4.70. The second-order valence-corrected chi connectivity index (χ2v) is 5.90. The van der Waals surface area contributed by atoms with Crippen molar-refractivity contribution in [3.63, 3.8) is 0 Å². The van der Waals surface area contributed by atoms with Crippen molar-refractivity contribution in [1.29, 1.82) is 0 Å². The highest BCUT2D eigenvalue weighted by atomic mass is 19.4. The van der Waals surface area contributed by atoms with Crippen molar-refractivity contribution in [2.45, 2.75) is 38.0 Å². The van der Waals surface area contributed by atoms with Crippen molar-refractivity contribution < 1.29 is 22.8 Å². The zero-order valence-electron chi connectivity index (χ0n) is 13.4. The number of nitrogens with one attached hydrogen (secondary N) is 3. The topological polar surface area (TPSA) is 70.2 Å². The number of imide groups is 1. The number of carbonyl (C=O) groups is 2. The van der Waals surface area contributed by atoms with E-state index < -0.39 is 29.7 Å². The van der Waals surface area contributed by atoms with Gasteiger partial charge in [-0.3, -0.25) is 15.4 Å². The van der Waals surface area contributed by atoms with Gasteiger partial charge in [0.15, 0.2) is 0 Å². The van der Waals surface area contributed by atoms with Crippen molar-refractivity contribution in [3.05, 3.63) is 35.4 Å². The summed E-state index contributed by atoms with van der Waals surface area (Å²) in [6.45, 7) is 1.57. The molecule has 0 heterocycles. The van der Waals surface area contributed by atoms with E-state index in [2.05, 4.69) is 16.0 Å². The van der Waals surface area contributed by atoms with Crippen LogP contribution >= 0.6 is 0 Å². The predicted molar refractivity (Wildman–Crippen MR) is 82.1 cm³/mol. The Kier molecular flexibility index (Phi) is 5.48. The molecule has 2 atom stereocenters. The minimum Gasteiger partial charge on any atom is -0.341 e. The molecule has 0 aliphatic heterocycles. The van der Waals surface area contributed by atoms with Crippen LogP contribution in [0.2, 0.25) is 0 Å². The van der Waals surface area contributed by atoms with E-state index in [1.165, 1.54) is 13.1 Å². The third-order valence-corrected chi connectivity index (χ3v) is 3.95. The third-order valence-electron chi connectivity index (χ3n) is 3.95. The highest BCUT2D eigenvalue weighted by Gasteiger charge is 2.36. The molecule has 24 heavy (non-hydrogen) atoms. The molecule has 3 amide bonds. The lowest BCUT2D eigenvalue weighted by atomic mass is 9.99. The standard InChI is InChI=1S/C16H20F3N3O2/c1-9(14(23)22-15(24)20-2)21-13(10-6-7-10)11-4-3-5-12(8-11)16(17,18)19/h3-5,8-10,13,21H,6-7H2,1-2H3,(H2,20,22,23,24)/t9-,13+/m0/s1. The first-order chi connectivity index (χ1) is 11.2. The van der Waals surface area contributed by atoms with E-state index in [-0.39, 0.29) is 12.0 Å². The highest BCUT2D eigenvalue weighted by molar-refractivity contribution is 5.96. The largest absolute Gasteiger partial charge is 0.416 e. The number of benzene rings is 1. The van der Waals surface area contributed by atoms with E-state index in [4.69, 9.17) is 0 Å². The van der Waals surface area contributed by atoms with Crippen LogP contribution < -0.4 is 16.0 Å². The van der Waals surface area contributed by atoms with E-state index in [0.717, 1.165) is 25.0 Å². The second-order valence-electron chi connectivity index (χ2n) is 5.90. The first kappa shape index (κ1) is 18.3. The van der Waals surface area contributed by atoms with E-state index >= 15 is 0 Å². The summed E-state index contributed by atoms with van der Waals surface area (Å²) in [5.41, 5.74) is -0.221. The lowest BCUT2D eigenvalue weighted by Gasteiger charge is -2.24. The Labute approximate surface area is 138 Å². The van der Waals surface area contributed by atoms with Crippen LogP contribution in [0.15, 0.2) is 24.3 Å². The molecular formula is C16H20F3N3O2. The van der Waals surface area contributed by atoms with Crippen LogP contribution in [0.3, 0.4) is 0 Å². The van der Waals surface area contributed by atoms with Gasteiger partial charge in [-0.25, -0.2) is 4.79 Å². The van der Waals surface area contributed by atoms with Crippen LogP contribution in [-0.2, 0) is 11.0 Å². The molecule has 0 unspecified atom stereocenters. The Morgan fingerprint density at radius 3 is 2.46 bits per heavy atom. The summed E-state index contributed by atoms with van der Waals surface area (Å²) in [7, 11) is 1.39. The van der Waals surface area contributed by atoms with E-state index in [9.17, 15) is 22.8 Å². The molecular weight excluding hydrogens is 323 g/mol. The average molecular weight is 343 g/mol. The monoisotopic (exact) mass is 343 g/mol. The number of amides is 3. The Bertz CT molecular complexity index is 615. The number of hydrogen-bond donors (Lipinski definition) is 3. The summed E-state index contributed by atoms with van der Waals surface area (Å²) in [5, 5.41) is 7.46. The molecule has 1 saturated carbocycles. The van der Waals surface area contributed by atoms with Crippen LogP contribution in [-0.4, -0.2) is 25.0 Å². The summed E-state index contributed by atoms with van der Waals surface area (Å²) < 4.78 is 38.7. The molecule has 2 rings (SSSR count). The average Bonchev–Trinajstić information content (AvgIpc) is 3.36. The van der Waals surface area contributed by atoms with Gasteiger partial charge in [-0.2, -0.15) is 13.2 Å². The second kappa shape index (κ2) is 7.21. The minimum absolute atomic E-state index is 0.184. The molecule has 5 nitrogen and oxygen atoms in total. The summed E-state index contributed by atoms with van der Waals surface area (Å²) in [6.07, 6.45) is -2.64. The maximum Gasteiger partial charge on any atom is 0.416 e. The van der Waals surface area contributed by atoms with Crippen molar-refractivity contribution in [2.75, 3.05) is 7.05 Å². The SMILES string of the molecule is CNC(=O)NC(=O)[C@H](C)N[C@@H](c1cccc(C(F)(F)F)c1)C1CC1. The van der Waals surface area contributed by atoms with Crippen molar-refractivity contribution in [1.82, 2.24) is 16.0 Å². The number of alkyl halides is 3. The van der Waals surface area contributed by atoms with Gasteiger partial charge < -0.3 is 5.32 Å². The molecule has 1 aliphatic rings. The van der Waals surface area contributed by atoms with E-state index in [0.29, 0.717) is 5.56 Å². The fraction of sp³-hybridized carbons (Fsp3) is 0.500. The molecule has 1 aliphatic carbocycles. The Morgan fingerprint density at radius 2 is 1.92 bits per heavy atom. The first-order valence-corrected chi connectivity index (χ1v) is 7.68. The van der Waals surface area contributed by atoms with E-state index in [1.807, 2.05) is 0 Å². The van der Waals surface area contributed by atoms with Crippen LogP contribution in [0.1, 0.15) is 36.9 Å². The van der Waals surface area contributed by atoms with Crippen molar-refractivity contribution >= 4 is 11.9 Å². The molecule has 1 fully saturated rings. The van der Waals surface area contributed by atoms with Gasteiger partial charge in [0.25, 0.3) is 0 Å². The molecule has 0 saturated heterocycles. The van der Waals surface area contributed by atoms with Gasteiger partial charge in [0.2, 0.25) is 5.91 Å². The Hall–Kier alpha value is -2.09. The van der Waals surface area contributed by atoms with Crippen molar-refractivity contribution in [2.24, 2.45) is 5.92 Å². The van der Waals surface area contributed by atoms with Crippen LogP contribution in [0, 0.1) is 5.92 Å². The van der Waals surface area contributed by atoms with E-state index in [1.54, 1.807) is 13.0 Å². The molecule has 0 radical (unpaired) electrons. The van der Waals surface area contributed by atoms with Gasteiger partial charge >= 0.3 is 12.2 Å². The normalized spacial score (nSPS) is 17.0. The number of urea groups is 1. The summed E-state index contributed by atoms with van der Waals surface area (Å²) in [4.78, 5) is 23.1. The quantitative estimate of drug-likeness (QED) is 0.770. The zero-order valence-corrected chi connectivity index (χ0v) is 13.4. The fourth-order valence-corrected chi connectivity index (χ4v) is 2.47. The highest BCUT2D eigenvalue weighted by Crippen LogP contribution is 2.42. The van der Waals surface area contributed by atoms with Crippen LogP contribution in [0.4, 0.5) is 18.0 Å². The molecule has 0 bridgehead atoms. The molecule has 8 heteroatoms. The lowest BCUT2D eigenvalue weighted by Crippen LogP contribution is -2.48. The Balaban J connectivity index is 2.13. The molecule has 0 aromatic heterocycles. The molecule has 132 valence electrons. The molecule has 1 aromatic carbocycles. The number of halogens is 3. The maximum atomic E-state index is 12.9. The summed E-state index contributed by atoms with van der Waals surface area (Å²) in [6, 6.07) is 3.41. The number of hydrogen-bond acceptors (Lipinski definition) is 3. The van der Waals surface area contributed by atoms with Gasteiger partial charge in [0.05, 0.1) is 11.6 Å².